The number of rotatable bonds is 5. The average molecular weight is 281 g/mol. The van der Waals surface area contributed by atoms with Crippen LogP contribution in [0, 0.1) is 5.82 Å². The Morgan fingerprint density at radius 2 is 2.05 bits per heavy atom. The van der Waals surface area contributed by atoms with Crippen molar-refractivity contribution in [3.63, 3.8) is 0 Å². The van der Waals surface area contributed by atoms with E-state index in [2.05, 4.69) is 10.3 Å². The van der Waals surface area contributed by atoms with Crippen LogP contribution in [0.25, 0.3) is 0 Å². The molecule has 0 saturated heterocycles. The molecule has 100 valence electrons. The molecule has 5 heteroatoms. The minimum absolute atomic E-state index is 0.0554. The minimum atomic E-state index is -0.477. The topological polar surface area (TPSA) is 34.1 Å². The second kappa shape index (κ2) is 6.38. The number of para-hydroxylation sites is 1. The van der Waals surface area contributed by atoms with Crippen LogP contribution in [0.5, 0.6) is 5.75 Å². The number of aromatic nitrogens is 1. The molecule has 2 aromatic rings. The van der Waals surface area contributed by atoms with Crippen molar-refractivity contribution in [1.29, 1.82) is 0 Å². The number of pyridine rings is 1. The van der Waals surface area contributed by atoms with Gasteiger partial charge in [-0.05, 0) is 31.2 Å². The highest BCUT2D eigenvalue weighted by atomic mass is 35.5. The number of nitrogens with zero attached hydrogens (tertiary/aromatic N) is 1. The van der Waals surface area contributed by atoms with Gasteiger partial charge in [0, 0.05) is 6.54 Å². The molecule has 3 nitrogen and oxygen atoms in total. The summed E-state index contributed by atoms with van der Waals surface area (Å²) in [6.07, 6.45) is 0. The molecule has 0 spiro atoms. The van der Waals surface area contributed by atoms with Crippen molar-refractivity contribution >= 4 is 17.4 Å². The molecule has 19 heavy (non-hydrogen) atoms. The Balaban J connectivity index is 2.08. The predicted molar refractivity (Wildman–Crippen MR) is 74.1 cm³/mol. The predicted octanol–water partition coefficient (Wildman–Crippen LogP) is 3.88. The Kier molecular flexibility index (Phi) is 4.58. The fourth-order valence-electron chi connectivity index (χ4n) is 1.61. The maximum absolute atomic E-state index is 13.5. The molecule has 0 unspecified atom stereocenters. The fraction of sp³-hybridized carbons (Fsp3) is 0.214. The van der Waals surface area contributed by atoms with Gasteiger partial charge in [-0.3, -0.25) is 0 Å². The summed E-state index contributed by atoms with van der Waals surface area (Å²) in [5, 5.41) is 3.35. The maximum Gasteiger partial charge on any atom is 0.174 e. The molecule has 1 aromatic heterocycles. The lowest BCUT2D eigenvalue weighted by atomic mass is 10.3. The van der Waals surface area contributed by atoms with Crippen LogP contribution in [0.15, 0.2) is 36.4 Å². The van der Waals surface area contributed by atoms with Gasteiger partial charge in [0.05, 0.1) is 10.7 Å². The van der Waals surface area contributed by atoms with E-state index in [1.165, 1.54) is 12.1 Å². The molecule has 0 radical (unpaired) electrons. The zero-order valence-electron chi connectivity index (χ0n) is 10.5. The van der Waals surface area contributed by atoms with Gasteiger partial charge in [0.2, 0.25) is 0 Å². The van der Waals surface area contributed by atoms with Gasteiger partial charge in [0.15, 0.2) is 11.6 Å². The minimum Gasteiger partial charge on any atom is -0.483 e. The first-order valence-corrected chi connectivity index (χ1v) is 6.35. The molecule has 0 bridgehead atoms. The van der Waals surface area contributed by atoms with Crippen molar-refractivity contribution in [3.05, 3.63) is 52.9 Å². The molecule has 2 rings (SSSR count). The maximum atomic E-state index is 13.5. The Labute approximate surface area is 116 Å². The van der Waals surface area contributed by atoms with Gasteiger partial charge in [-0.25, -0.2) is 9.37 Å². The van der Waals surface area contributed by atoms with Crippen LogP contribution in [-0.4, -0.2) is 11.5 Å². The lowest BCUT2D eigenvalue weighted by molar-refractivity contribution is 0.286. The number of ether oxygens (including phenoxy) is 1. The van der Waals surface area contributed by atoms with E-state index in [4.69, 9.17) is 16.3 Å². The third kappa shape index (κ3) is 3.58. The quantitative estimate of drug-likeness (QED) is 0.902. The number of benzene rings is 1. The number of nitrogens with one attached hydrogen (secondary N) is 1. The Morgan fingerprint density at radius 1 is 1.26 bits per heavy atom. The second-order valence-electron chi connectivity index (χ2n) is 3.88. The molecule has 1 aromatic carbocycles. The van der Waals surface area contributed by atoms with Gasteiger partial charge < -0.3 is 10.1 Å². The van der Waals surface area contributed by atoms with Crippen molar-refractivity contribution in [1.82, 2.24) is 4.98 Å². The van der Waals surface area contributed by atoms with Crippen molar-refractivity contribution in [2.75, 3.05) is 11.9 Å². The molecule has 1 N–H and O–H groups in total. The van der Waals surface area contributed by atoms with Gasteiger partial charge in [-0.2, -0.15) is 0 Å². The van der Waals surface area contributed by atoms with E-state index in [9.17, 15) is 4.39 Å². The Hall–Kier alpha value is -1.81. The van der Waals surface area contributed by atoms with E-state index in [0.29, 0.717) is 5.69 Å². The molecule has 0 aliphatic carbocycles. The van der Waals surface area contributed by atoms with Gasteiger partial charge >= 0.3 is 0 Å². The van der Waals surface area contributed by atoms with Crippen LogP contribution in [0.2, 0.25) is 5.02 Å². The summed E-state index contributed by atoms with van der Waals surface area (Å²) in [5.41, 5.74) is 0.706. The summed E-state index contributed by atoms with van der Waals surface area (Å²) >= 11 is 5.88. The molecule has 1 heterocycles. The van der Waals surface area contributed by atoms with E-state index in [1.54, 1.807) is 6.07 Å². The molecular weight excluding hydrogens is 267 g/mol. The third-order valence-corrected chi connectivity index (χ3v) is 2.75. The first-order chi connectivity index (χ1) is 9.20. The van der Waals surface area contributed by atoms with Crippen LogP contribution in [0.4, 0.5) is 10.2 Å². The summed E-state index contributed by atoms with van der Waals surface area (Å²) in [5.74, 6) is 0.346. The summed E-state index contributed by atoms with van der Waals surface area (Å²) in [6.45, 7) is 2.94. The zero-order chi connectivity index (χ0) is 13.7. The molecule has 0 aliphatic heterocycles. The van der Waals surface area contributed by atoms with Crippen molar-refractivity contribution in [2.24, 2.45) is 0 Å². The highest BCUT2D eigenvalue weighted by Crippen LogP contribution is 2.27. The standard InChI is InChI=1S/C14H14ClFN2O/c1-2-17-13-8-3-5-10(18-13)9-19-14-11(15)6-4-7-12(14)16/h3-8H,2,9H2,1H3,(H,17,18). The number of hydrogen-bond acceptors (Lipinski definition) is 3. The molecule has 0 saturated carbocycles. The summed E-state index contributed by atoms with van der Waals surface area (Å²) in [7, 11) is 0. The van der Waals surface area contributed by atoms with Crippen LogP contribution in [0.3, 0.4) is 0 Å². The number of hydrogen-bond donors (Lipinski definition) is 1. The molecular formula is C14H14ClFN2O. The average Bonchev–Trinajstić information content (AvgIpc) is 2.39. The van der Waals surface area contributed by atoms with E-state index in [0.717, 1.165) is 12.4 Å². The lowest BCUT2D eigenvalue weighted by Gasteiger charge is -2.09. The molecule has 0 aliphatic rings. The SMILES string of the molecule is CCNc1cccc(COc2c(F)cccc2Cl)n1. The van der Waals surface area contributed by atoms with Gasteiger partial charge in [0.25, 0.3) is 0 Å². The Morgan fingerprint density at radius 3 is 2.79 bits per heavy atom. The van der Waals surface area contributed by atoms with Crippen LogP contribution in [0.1, 0.15) is 12.6 Å². The van der Waals surface area contributed by atoms with Crippen molar-refractivity contribution in [2.45, 2.75) is 13.5 Å². The van der Waals surface area contributed by atoms with Crippen molar-refractivity contribution < 1.29 is 9.13 Å². The number of halogens is 2. The zero-order valence-corrected chi connectivity index (χ0v) is 11.2. The largest absolute Gasteiger partial charge is 0.483 e. The van der Waals surface area contributed by atoms with Gasteiger partial charge in [0.1, 0.15) is 12.4 Å². The van der Waals surface area contributed by atoms with Crippen molar-refractivity contribution in [3.8, 4) is 5.75 Å². The molecule has 0 amide bonds. The van der Waals surface area contributed by atoms with E-state index in [-0.39, 0.29) is 17.4 Å². The Bertz CT molecular complexity index is 543. The van der Waals surface area contributed by atoms with Gasteiger partial charge in [-0.15, -0.1) is 0 Å². The fourth-order valence-corrected chi connectivity index (χ4v) is 1.82. The van der Waals surface area contributed by atoms with Crippen LogP contribution >= 0.6 is 11.6 Å². The monoisotopic (exact) mass is 280 g/mol. The molecule has 0 atom stereocenters. The van der Waals surface area contributed by atoms with Crippen LogP contribution < -0.4 is 10.1 Å². The highest BCUT2D eigenvalue weighted by Gasteiger charge is 2.08. The molecule has 0 fully saturated rings. The van der Waals surface area contributed by atoms with Crippen LogP contribution in [-0.2, 0) is 6.61 Å². The smallest absolute Gasteiger partial charge is 0.174 e. The third-order valence-electron chi connectivity index (χ3n) is 2.45. The first kappa shape index (κ1) is 13.6. The second-order valence-corrected chi connectivity index (χ2v) is 4.29. The normalized spacial score (nSPS) is 10.3. The van der Waals surface area contributed by atoms with E-state index >= 15 is 0 Å². The van der Waals surface area contributed by atoms with E-state index in [1.807, 2.05) is 25.1 Å². The highest BCUT2D eigenvalue weighted by molar-refractivity contribution is 6.32. The number of anilines is 1. The summed E-state index contributed by atoms with van der Waals surface area (Å²) in [6, 6.07) is 9.98. The summed E-state index contributed by atoms with van der Waals surface area (Å²) in [4.78, 5) is 4.34. The first-order valence-electron chi connectivity index (χ1n) is 5.97. The lowest BCUT2D eigenvalue weighted by Crippen LogP contribution is -2.04. The summed E-state index contributed by atoms with van der Waals surface area (Å²) < 4.78 is 18.9. The van der Waals surface area contributed by atoms with E-state index < -0.39 is 5.82 Å². The van der Waals surface area contributed by atoms with Gasteiger partial charge in [-0.1, -0.05) is 23.7 Å².